The first-order valence-corrected chi connectivity index (χ1v) is 9.31. The molecule has 2 heterocycles. The standard InChI is InChI=1S/C19H16BrN3O2.HNO3/c20-15-7-5-14(6-8-15)11-25-22-19-16-3-1-2-4-18(16)24-12-17(19)23-10-9-21-13-23;2-1(3)4/h1-10,13,17H,11-12H2;(H,2,3,4)/b22-19+;. The summed E-state index contributed by atoms with van der Waals surface area (Å²) in [5, 5.41) is 18.1. The van der Waals surface area contributed by atoms with E-state index in [2.05, 4.69) is 26.1 Å². The fourth-order valence-corrected chi connectivity index (χ4v) is 3.04. The van der Waals surface area contributed by atoms with Gasteiger partial charge in [-0.2, -0.15) is 0 Å². The van der Waals surface area contributed by atoms with Gasteiger partial charge in [0.1, 0.15) is 30.7 Å². The Labute approximate surface area is 174 Å². The lowest BCUT2D eigenvalue weighted by atomic mass is 10.00. The van der Waals surface area contributed by atoms with Crippen molar-refractivity contribution >= 4 is 21.6 Å². The molecule has 29 heavy (non-hydrogen) atoms. The largest absolute Gasteiger partial charge is 0.490 e. The van der Waals surface area contributed by atoms with E-state index >= 15 is 0 Å². The lowest BCUT2D eigenvalue weighted by Crippen LogP contribution is -2.30. The summed E-state index contributed by atoms with van der Waals surface area (Å²) in [6, 6.07) is 15.8. The van der Waals surface area contributed by atoms with Gasteiger partial charge < -0.3 is 19.3 Å². The van der Waals surface area contributed by atoms with Gasteiger partial charge in [-0.05, 0) is 29.8 Å². The van der Waals surface area contributed by atoms with Gasteiger partial charge in [-0.25, -0.2) is 4.98 Å². The van der Waals surface area contributed by atoms with Crippen molar-refractivity contribution in [3.63, 3.8) is 0 Å². The number of hydrogen-bond donors (Lipinski definition) is 1. The van der Waals surface area contributed by atoms with E-state index in [1.165, 1.54) is 0 Å². The lowest BCUT2D eigenvalue weighted by Gasteiger charge is -2.27. The van der Waals surface area contributed by atoms with E-state index in [1.807, 2.05) is 59.3 Å². The van der Waals surface area contributed by atoms with Crippen LogP contribution in [0.3, 0.4) is 0 Å². The van der Waals surface area contributed by atoms with E-state index in [1.54, 1.807) is 12.5 Å². The number of benzene rings is 2. The predicted octanol–water partition coefficient (Wildman–Crippen LogP) is 3.85. The van der Waals surface area contributed by atoms with Crippen LogP contribution in [0.2, 0.25) is 0 Å². The van der Waals surface area contributed by atoms with Crippen LogP contribution >= 0.6 is 15.9 Å². The summed E-state index contributed by atoms with van der Waals surface area (Å²) < 4.78 is 8.90. The Morgan fingerprint density at radius 3 is 2.72 bits per heavy atom. The highest BCUT2D eigenvalue weighted by molar-refractivity contribution is 9.10. The molecule has 0 spiro atoms. The summed E-state index contributed by atoms with van der Waals surface area (Å²) in [5.74, 6) is 0.824. The summed E-state index contributed by atoms with van der Waals surface area (Å²) in [6.07, 6.45) is 5.43. The van der Waals surface area contributed by atoms with Gasteiger partial charge >= 0.3 is 0 Å². The van der Waals surface area contributed by atoms with Gasteiger partial charge in [0.2, 0.25) is 0 Å². The molecule has 1 aromatic heterocycles. The summed E-state index contributed by atoms with van der Waals surface area (Å²) in [7, 11) is 0. The van der Waals surface area contributed by atoms with Gasteiger partial charge in [0, 0.05) is 22.4 Å². The molecule has 0 saturated carbocycles. The minimum absolute atomic E-state index is 0.0673. The lowest BCUT2D eigenvalue weighted by molar-refractivity contribution is -0.742. The van der Waals surface area contributed by atoms with E-state index < -0.39 is 5.09 Å². The van der Waals surface area contributed by atoms with E-state index in [9.17, 15) is 0 Å². The molecule has 9 nitrogen and oxygen atoms in total. The third-order valence-corrected chi connectivity index (χ3v) is 4.60. The number of oxime groups is 1. The topological polar surface area (TPSA) is 112 Å². The Morgan fingerprint density at radius 2 is 2.03 bits per heavy atom. The molecule has 0 aliphatic carbocycles. The van der Waals surface area contributed by atoms with Crippen LogP contribution in [0.4, 0.5) is 0 Å². The molecule has 1 aliphatic rings. The second-order valence-electron chi connectivity index (χ2n) is 5.95. The highest BCUT2D eigenvalue weighted by Gasteiger charge is 2.28. The van der Waals surface area contributed by atoms with Gasteiger partial charge in [-0.3, -0.25) is 0 Å². The van der Waals surface area contributed by atoms with Crippen LogP contribution < -0.4 is 4.74 Å². The second-order valence-corrected chi connectivity index (χ2v) is 6.86. The molecule has 10 heteroatoms. The molecule has 3 aromatic rings. The average Bonchev–Trinajstić information content (AvgIpc) is 3.24. The Kier molecular flexibility index (Phi) is 6.80. The number of halogens is 1. The molecular formula is C19H17BrN4O5. The maximum atomic E-state index is 8.36. The van der Waals surface area contributed by atoms with E-state index in [4.69, 9.17) is 24.9 Å². The normalized spacial score (nSPS) is 16.2. The Balaban J connectivity index is 0.000000552. The molecule has 0 radical (unpaired) electrons. The minimum atomic E-state index is -1.50. The van der Waals surface area contributed by atoms with Crippen LogP contribution in [0.25, 0.3) is 0 Å². The summed E-state index contributed by atoms with van der Waals surface area (Å²) in [4.78, 5) is 18.2. The molecule has 1 N–H and O–H groups in total. The van der Waals surface area contributed by atoms with Crippen molar-refractivity contribution < 1.29 is 19.9 Å². The summed E-state index contributed by atoms with van der Waals surface area (Å²) >= 11 is 3.43. The highest BCUT2D eigenvalue weighted by atomic mass is 79.9. The Bertz CT molecular complexity index is 973. The molecule has 0 saturated heterocycles. The smallest absolute Gasteiger partial charge is 0.291 e. The molecule has 0 amide bonds. The molecule has 150 valence electrons. The molecular weight excluding hydrogens is 444 g/mol. The van der Waals surface area contributed by atoms with Crippen LogP contribution in [0.15, 0.2) is 76.9 Å². The van der Waals surface area contributed by atoms with E-state index in [0.29, 0.717) is 13.2 Å². The zero-order chi connectivity index (χ0) is 20.6. The zero-order valence-corrected chi connectivity index (χ0v) is 16.7. The predicted molar refractivity (Wildman–Crippen MR) is 107 cm³/mol. The molecule has 2 aromatic carbocycles. The molecule has 0 fully saturated rings. The molecule has 1 aliphatic heterocycles. The van der Waals surface area contributed by atoms with Crippen LogP contribution in [-0.4, -0.2) is 32.2 Å². The number of hydrogen-bond acceptors (Lipinski definition) is 6. The van der Waals surface area contributed by atoms with Crippen LogP contribution in [0.5, 0.6) is 5.75 Å². The van der Waals surface area contributed by atoms with Crippen LogP contribution in [0, 0.1) is 10.1 Å². The molecule has 1 unspecified atom stereocenters. The number of imidazole rings is 1. The zero-order valence-electron chi connectivity index (χ0n) is 15.1. The SMILES string of the molecule is Brc1ccc(CO/N=C2\c3ccccc3OCC2n2ccnc2)cc1.O=[N+]([O-])O. The monoisotopic (exact) mass is 460 g/mol. The number of para-hydroxylation sites is 1. The Hall–Kier alpha value is -3.40. The summed E-state index contributed by atoms with van der Waals surface area (Å²) in [5.41, 5.74) is 2.85. The first-order valence-electron chi connectivity index (χ1n) is 8.52. The van der Waals surface area contributed by atoms with Crippen molar-refractivity contribution in [2.45, 2.75) is 12.6 Å². The maximum Gasteiger partial charge on any atom is 0.291 e. The number of fused-ring (bicyclic) bond motifs is 1. The molecule has 1 atom stereocenters. The van der Waals surface area contributed by atoms with Gasteiger partial charge in [0.15, 0.2) is 0 Å². The van der Waals surface area contributed by atoms with Gasteiger partial charge in [0.25, 0.3) is 5.09 Å². The van der Waals surface area contributed by atoms with Gasteiger partial charge in [-0.1, -0.05) is 45.4 Å². The molecule has 0 bridgehead atoms. The van der Waals surface area contributed by atoms with Crippen molar-refractivity contribution in [3.05, 3.63) is 93.0 Å². The first kappa shape index (κ1) is 20.3. The van der Waals surface area contributed by atoms with E-state index in [0.717, 1.165) is 27.1 Å². The quantitative estimate of drug-likeness (QED) is 0.467. The van der Waals surface area contributed by atoms with Gasteiger partial charge in [0.05, 0.1) is 6.33 Å². The number of ether oxygens (including phenoxy) is 1. The minimum Gasteiger partial charge on any atom is -0.490 e. The Morgan fingerprint density at radius 1 is 1.31 bits per heavy atom. The fraction of sp³-hybridized carbons (Fsp3) is 0.158. The average molecular weight is 461 g/mol. The van der Waals surface area contributed by atoms with Crippen molar-refractivity contribution in [3.8, 4) is 5.75 Å². The van der Waals surface area contributed by atoms with Crippen molar-refractivity contribution in [1.29, 1.82) is 0 Å². The highest BCUT2D eigenvalue weighted by Crippen LogP contribution is 2.30. The summed E-state index contributed by atoms with van der Waals surface area (Å²) in [6.45, 7) is 0.907. The number of aromatic nitrogens is 2. The number of rotatable bonds is 4. The fourth-order valence-electron chi connectivity index (χ4n) is 2.78. The van der Waals surface area contributed by atoms with Crippen molar-refractivity contribution in [2.75, 3.05) is 6.61 Å². The third-order valence-electron chi connectivity index (χ3n) is 4.07. The molecule has 4 rings (SSSR count). The van der Waals surface area contributed by atoms with Crippen molar-refractivity contribution in [1.82, 2.24) is 9.55 Å². The van der Waals surface area contributed by atoms with E-state index in [-0.39, 0.29) is 6.04 Å². The first-order chi connectivity index (χ1) is 14.0. The van der Waals surface area contributed by atoms with Crippen molar-refractivity contribution in [2.24, 2.45) is 5.16 Å². The van der Waals surface area contributed by atoms with Crippen LogP contribution in [0.1, 0.15) is 17.2 Å². The third kappa shape index (κ3) is 5.55. The van der Waals surface area contributed by atoms with Gasteiger partial charge in [-0.15, -0.1) is 10.1 Å². The van der Waals surface area contributed by atoms with Crippen LogP contribution in [-0.2, 0) is 11.4 Å². The maximum absolute atomic E-state index is 8.36. The number of nitrogens with zero attached hydrogens (tertiary/aromatic N) is 4. The second kappa shape index (κ2) is 9.69.